The van der Waals surface area contributed by atoms with Gasteiger partial charge in [0.05, 0.1) is 26.9 Å². The van der Waals surface area contributed by atoms with E-state index in [1.54, 1.807) is 11.3 Å². The first kappa shape index (κ1) is 22.9. The lowest BCUT2D eigenvalue weighted by atomic mass is 9.99. The van der Waals surface area contributed by atoms with Gasteiger partial charge < -0.3 is 4.57 Å². The molecular formula is C36H23N3S. The highest BCUT2D eigenvalue weighted by Crippen LogP contribution is 2.38. The molecule has 3 nitrogen and oxygen atoms in total. The molecular weight excluding hydrogens is 506 g/mol. The van der Waals surface area contributed by atoms with Crippen molar-refractivity contribution in [1.29, 1.82) is 0 Å². The van der Waals surface area contributed by atoms with Crippen LogP contribution in [0.4, 0.5) is 0 Å². The molecule has 0 amide bonds. The van der Waals surface area contributed by atoms with Crippen molar-refractivity contribution < 1.29 is 0 Å². The first-order valence-corrected chi connectivity index (χ1v) is 14.2. The van der Waals surface area contributed by atoms with E-state index >= 15 is 0 Å². The fraction of sp³-hybridized carbons (Fsp3) is 0. The minimum Gasteiger partial charge on any atom is -0.309 e. The first-order valence-electron chi connectivity index (χ1n) is 13.3. The molecule has 0 spiro atoms. The van der Waals surface area contributed by atoms with E-state index in [0.717, 1.165) is 44.2 Å². The Morgan fingerprint density at radius 3 is 2.27 bits per heavy atom. The Morgan fingerprint density at radius 1 is 0.550 bits per heavy atom. The zero-order chi connectivity index (χ0) is 26.5. The topological polar surface area (TPSA) is 30.7 Å². The highest BCUT2D eigenvalue weighted by atomic mass is 32.1. The van der Waals surface area contributed by atoms with Gasteiger partial charge in [-0.25, -0.2) is 4.98 Å². The van der Waals surface area contributed by atoms with Gasteiger partial charge in [-0.15, -0.1) is 11.3 Å². The van der Waals surface area contributed by atoms with Crippen LogP contribution in [0.5, 0.6) is 0 Å². The average molecular weight is 530 g/mol. The van der Waals surface area contributed by atoms with Crippen molar-refractivity contribution in [1.82, 2.24) is 14.5 Å². The summed E-state index contributed by atoms with van der Waals surface area (Å²) in [5.41, 5.74) is 9.98. The number of rotatable bonds is 4. The number of thiazole rings is 1. The zero-order valence-corrected chi connectivity index (χ0v) is 22.3. The second-order valence-corrected chi connectivity index (χ2v) is 10.9. The minimum absolute atomic E-state index is 0.978. The van der Waals surface area contributed by atoms with Gasteiger partial charge in [0.25, 0.3) is 0 Å². The van der Waals surface area contributed by atoms with Crippen LogP contribution in [0.2, 0.25) is 0 Å². The molecule has 0 aliphatic heterocycles. The second kappa shape index (κ2) is 9.30. The Balaban J connectivity index is 1.34. The second-order valence-electron chi connectivity index (χ2n) is 9.89. The van der Waals surface area contributed by atoms with Crippen LogP contribution in [0.15, 0.2) is 140 Å². The molecule has 8 aromatic rings. The van der Waals surface area contributed by atoms with Crippen molar-refractivity contribution in [3.63, 3.8) is 0 Å². The zero-order valence-electron chi connectivity index (χ0n) is 21.5. The van der Waals surface area contributed by atoms with E-state index in [-0.39, 0.29) is 0 Å². The molecule has 8 rings (SSSR count). The molecule has 0 aliphatic rings. The van der Waals surface area contributed by atoms with E-state index in [4.69, 9.17) is 9.97 Å². The van der Waals surface area contributed by atoms with Gasteiger partial charge in [0, 0.05) is 39.3 Å². The van der Waals surface area contributed by atoms with Crippen LogP contribution in [0, 0.1) is 0 Å². The summed E-state index contributed by atoms with van der Waals surface area (Å²) in [5.74, 6) is 0. The third kappa shape index (κ3) is 3.73. The van der Waals surface area contributed by atoms with Gasteiger partial charge in [-0.1, -0.05) is 91.0 Å². The van der Waals surface area contributed by atoms with Crippen LogP contribution in [-0.2, 0) is 0 Å². The van der Waals surface area contributed by atoms with E-state index < -0.39 is 0 Å². The van der Waals surface area contributed by atoms with E-state index in [2.05, 4.69) is 120 Å². The van der Waals surface area contributed by atoms with Crippen molar-refractivity contribution in [2.45, 2.75) is 0 Å². The molecule has 40 heavy (non-hydrogen) atoms. The summed E-state index contributed by atoms with van der Waals surface area (Å²) in [6, 6.07) is 47.1. The van der Waals surface area contributed by atoms with Gasteiger partial charge in [0.15, 0.2) is 0 Å². The number of nitrogens with zero attached hydrogens (tertiary/aromatic N) is 3. The summed E-state index contributed by atoms with van der Waals surface area (Å²) >= 11 is 1.74. The van der Waals surface area contributed by atoms with Crippen LogP contribution < -0.4 is 0 Å². The van der Waals surface area contributed by atoms with Crippen LogP contribution >= 0.6 is 11.3 Å². The predicted molar refractivity (Wildman–Crippen MR) is 168 cm³/mol. The fourth-order valence-electron chi connectivity index (χ4n) is 5.66. The molecule has 0 atom stereocenters. The number of hydrogen-bond acceptors (Lipinski definition) is 3. The smallest absolute Gasteiger partial charge is 0.124 e. The summed E-state index contributed by atoms with van der Waals surface area (Å²) in [5, 5.41) is 3.50. The maximum Gasteiger partial charge on any atom is 0.124 e. The van der Waals surface area contributed by atoms with Gasteiger partial charge in [0.1, 0.15) is 5.01 Å². The molecule has 0 saturated carbocycles. The lowest BCUT2D eigenvalue weighted by molar-refractivity contribution is 1.18. The Bertz CT molecular complexity index is 2140. The molecule has 0 aliphatic carbocycles. The molecule has 3 heterocycles. The standard InChI is InChI=1S/C36H23N3S/c1-2-10-24(11-3-1)28-15-9-21-37-35(28)25-12-8-13-27(22-25)39-32-17-6-4-14-29(32)30-20-19-26(23-33(30)39)36-38-31-16-5-7-18-34(31)40-36/h1-23H. The van der Waals surface area contributed by atoms with Crippen molar-refractivity contribution in [2.24, 2.45) is 0 Å². The highest BCUT2D eigenvalue weighted by Gasteiger charge is 2.16. The summed E-state index contributed by atoms with van der Waals surface area (Å²) in [4.78, 5) is 9.77. The van der Waals surface area contributed by atoms with E-state index in [0.29, 0.717) is 0 Å². The Hall–Kier alpha value is -5.06. The van der Waals surface area contributed by atoms with Crippen LogP contribution in [0.25, 0.3) is 70.7 Å². The van der Waals surface area contributed by atoms with Gasteiger partial charge >= 0.3 is 0 Å². The van der Waals surface area contributed by atoms with Crippen LogP contribution in [0.1, 0.15) is 0 Å². The quantitative estimate of drug-likeness (QED) is 0.227. The molecule has 0 saturated heterocycles. The molecule has 0 fully saturated rings. The predicted octanol–water partition coefficient (Wildman–Crippen LogP) is 9.79. The van der Waals surface area contributed by atoms with Crippen LogP contribution in [0.3, 0.4) is 0 Å². The fourth-order valence-corrected chi connectivity index (χ4v) is 6.62. The van der Waals surface area contributed by atoms with E-state index in [1.807, 2.05) is 24.4 Å². The Labute approximate surface area is 235 Å². The number of para-hydroxylation sites is 2. The first-order chi connectivity index (χ1) is 19.8. The van der Waals surface area contributed by atoms with E-state index in [9.17, 15) is 0 Å². The molecule has 188 valence electrons. The summed E-state index contributed by atoms with van der Waals surface area (Å²) in [6.07, 6.45) is 1.87. The number of hydrogen-bond donors (Lipinski definition) is 0. The molecule has 0 bridgehead atoms. The lowest BCUT2D eigenvalue weighted by Crippen LogP contribution is -1.96. The third-order valence-electron chi connectivity index (χ3n) is 7.48. The van der Waals surface area contributed by atoms with Gasteiger partial charge in [-0.2, -0.15) is 0 Å². The van der Waals surface area contributed by atoms with Gasteiger partial charge in [0.2, 0.25) is 0 Å². The van der Waals surface area contributed by atoms with Gasteiger partial charge in [-0.05, 0) is 48.0 Å². The maximum atomic E-state index is 4.94. The lowest BCUT2D eigenvalue weighted by Gasteiger charge is -2.13. The molecule has 4 heteroatoms. The SMILES string of the molecule is c1ccc(-c2cccnc2-c2cccc(-n3c4ccccc4c4ccc(-c5nc6ccccc6s5)cc43)c2)cc1. The summed E-state index contributed by atoms with van der Waals surface area (Å²) in [6.45, 7) is 0. The maximum absolute atomic E-state index is 4.94. The Morgan fingerprint density at radius 2 is 1.35 bits per heavy atom. The van der Waals surface area contributed by atoms with E-state index in [1.165, 1.54) is 26.5 Å². The normalized spacial score (nSPS) is 11.5. The summed E-state index contributed by atoms with van der Waals surface area (Å²) in [7, 11) is 0. The van der Waals surface area contributed by atoms with Crippen LogP contribution in [-0.4, -0.2) is 14.5 Å². The molecule has 5 aromatic carbocycles. The van der Waals surface area contributed by atoms with Gasteiger partial charge in [-0.3, -0.25) is 4.98 Å². The molecule has 0 radical (unpaired) electrons. The summed E-state index contributed by atoms with van der Waals surface area (Å²) < 4.78 is 3.58. The molecule has 0 N–H and O–H groups in total. The highest BCUT2D eigenvalue weighted by molar-refractivity contribution is 7.21. The van der Waals surface area contributed by atoms with Crippen molar-refractivity contribution in [3.8, 4) is 38.6 Å². The Kier molecular flexibility index (Phi) is 5.32. The minimum atomic E-state index is 0.978. The van der Waals surface area contributed by atoms with Crippen molar-refractivity contribution in [2.75, 3.05) is 0 Å². The third-order valence-corrected chi connectivity index (χ3v) is 8.57. The monoisotopic (exact) mass is 529 g/mol. The largest absolute Gasteiger partial charge is 0.309 e. The molecule has 3 aromatic heterocycles. The number of benzene rings is 5. The number of pyridine rings is 1. The molecule has 0 unspecified atom stereocenters. The average Bonchev–Trinajstić information content (AvgIpc) is 3.61. The van der Waals surface area contributed by atoms with Crippen molar-refractivity contribution in [3.05, 3.63) is 140 Å². The number of aromatic nitrogens is 3. The number of fused-ring (bicyclic) bond motifs is 4. The van der Waals surface area contributed by atoms with Crippen molar-refractivity contribution >= 4 is 43.4 Å².